The van der Waals surface area contributed by atoms with E-state index in [1.54, 1.807) is 0 Å². The Kier molecular flexibility index (Phi) is 5.40. The van der Waals surface area contributed by atoms with Crippen LogP contribution in [0.5, 0.6) is 0 Å². The van der Waals surface area contributed by atoms with Crippen LogP contribution in [-0.4, -0.2) is 37.0 Å². The number of carbonyl (C=O) groups is 1. The Morgan fingerprint density at radius 1 is 1.47 bits per heavy atom. The van der Waals surface area contributed by atoms with E-state index in [0.717, 1.165) is 36.0 Å². The molecular weight excluding hydrogens is 304 g/mol. The normalized spacial score (nSPS) is 19.5. The van der Waals surface area contributed by atoms with E-state index >= 15 is 0 Å². The lowest BCUT2D eigenvalue weighted by atomic mass is 10.0. The van der Waals surface area contributed by atoms with Crippen LogP contribution in [0.15, 0.2) is 28.7 Å². The molecule has 1 amide bonds. The van der Waals surface area contributed by atoms with Gasteiger partial charge in [-0.2, -0.15) is 0 Å². The molecule has 0 aromatic heterocycles. The summed E-state index contributed by atoms with van der Waals surface area (Å²) in [5.74, 6) is 0.248. The second kappa shape index (κ2) is 7.06. The molecule has 1 aliphatic heterocycles. The standard InChI is InChI=1S/C15H21BrN2O/c1-17-11-14-7-2-3-8-18(14)15(19)10-12-5-4-6-13(16)9-12/h4-6,9,14,17H,2-3,7-8,10-11H2,1H3. The Morgan fingerprint density at radius 3 is 3.05 bits per heavy atom. The summed E-state index contributed by atoms with van der Waals surface area (Å²) < 4.78 is 1.03. The van der Waals surface area contributed by atoms with Crippen molar-refractivity contribution >= 4 is 21.8 Å². The number of nitrogens with zero attached hydrogens (tertiary/aromatic N) is 1. The van der Waals surface area contributed by atoms with Crippen LogP contribution in [0.1, 0.15) is 24.8 Å². The zero-order valence-corrected chi connectivity index (χ0v) is 12.9. The quantitative estimate of drug-likeness (QED) is 0.923. The van der Waals surface area contributed by atoms with Gasteiger partial charge in [-0.15, -0.1) is 0 Å². The molecule has 1 aliphatic rings. The van der Waals surface area contributed by atoms with Gasteiger partial charge in [-0.3, -0.25) is 4.79 Å². The summed E-state index contributed by atoms with van der Waals surface area (Å²) in [6.45, 7) is 1.80. The average molecular weight is 325 g/mol. The fourth-order valence-electron chi connectivity index (χ4n) is 2.70. The van der Waals surface area contributed by atoms with Gasteiger partial charge in [0.2, 0.25) is 5.91 Å². The molecule has 0 radical (unpaired) electrons. The maximum atomic E-state index is 12.4. The molecule has 104 valence electrons. The Bertz CT molecular complexity index is 434. The summed E-state index contributed by atoms with van der Waals surface area (Å²) in [4.78, 5) is 14.5. The van der Waals surface area contributed by atoms with E-state index in [1.807, 2.05) is 31.3 Å². The van der Waals surface area contributed by atoms with Crippen molar-refractivity contribution in [3.63, 3.8) is 0 Å². The highest BCUT2D eigenvalue weighted by atomic mass is 79.9. The highest BCUT2D eigenvalue weighted by Gasteiger charge is 2.25. The third-order valence-electron chi connectivity index (χ3n) is 3.63. The molecule has 0 aliphatic carbocycles. The SMILES string of the molecule is CNCC1CCCCN1C(=O)Cc1cccc(Br)c1. The molecule has 1 unspecified atom stereocenters. The molecule has 1 heterocycles. The van der Waals surface area contributed by atoms with E-state index in [9.17, 15) is 4.79 Å². The molecule has 1 atom stereocenters. The van der Waals surface area contributed by atoms with Crippen molar-refractivity contribution in [3.8, 4) is 0 Å². The van der Waals surface area contributed by atoms with Crippen LogP contribution in [0.3, 0.4) is 0 Å². The maximum Gasteiger partial charge on any atom is 0.227 e. The van der Waals surface area contributed by atoms with Gasteiger partial charge in [-0.1, -0.05) is 28.1 Å². The van der Waals surface area contributed by atoms with Crippen molar-refractivity contribution in [2.45, 2.75) is 31.7 Å². The molecule has 19 heavy (non-hydrogen) atoms. The number of amides is 1. The molecule has 1 saturated heterocycles. The predicted molar refractivity (Wildman–Crippen MR) is 81.1 cm³/mol. The molecule has 0 spiro atoms. The number of halogens is 1. The fraction of sp³-hybridized carbons (Fsp3) is 0.533. The van der Waals surface area contributed by atoms with E-state index < -0.39 is 0 Å². The van der Waals surface area contributed by atoms with E-state index in [-0.39, 0.29) is 5.91 Å². The fourth-order valence-corrected chi connectivity index (χ4v) is 3.15. The van der Waals surface area contributed by atoms with Crippen molar-refractivity contribution in [1.29, 1.82) is 0 Å². The zero-order chi connectivity index (χ0) is 13.7. The molecular formula is C15H21BrN2O. The Balaban J connectivity index is 2.01. The first-order chi connectivity index (χ1) is 9.20. The Morgan fingerprint density at radius 2 is 2.32 bits per heavy atom. The highest BCUT2D eigenvalue weighted by Crippen LogP contribution is 2.19. The lowest BCUT2D eigenvalue weighted by Gasteiger charge is -2.36. The Hall–Kier alpha value is -0.870. The van der Waals surface area contributed by atoms with Crippen LogP contribution in [0.2, 0.25) is 0 Å². The number of piperidine rings is 1. The first-order valence-electron chi connectivity index (χ1n) is 6.89. The number of hydrogen-bond acceptors (Lipinski definition) is 2. The highest BCUT2D eigenvalue weighted by molar-refractivity contribution is 9.10. The summed E-state index contributed by atoms with van der Waals surface area (Å²) in [6.07, 6.45) is 3.97. The number of carbonyl (C=O) groups excluding carboxylic acids is 1. The first kappa shape index (κ1) is 14.5. The Labute approximate surface area is 123 Å². The van der Waals surface area contributed by atoms with Gasteiger partial charge in [0.1, 0.15) is 0 Å². The number of rotatable bonds is 4. The molecule has 3 nitrogen and oxygen atoms in total. The van der Waals surface area contributed by atoms with Crippen LogP contribution in [-0.2, 0) is 11.2 Å². The van der Waals surface area contributed by atoms with Gasteiger partial charge in [-0.25, -0.2) is 0 Å². The smallest absolute Gasteiger partial charge is 0.227 e. The van der Waals surface area contributed by atoms with E-state index in [1.165, 1.54) is 6.42 Å². The topological polar surface area (TPSA) is 32.3 Å². The van der Waals surface area contributed by atoms with Crippen molar-refractivity contribution in [2.75, 3.05) is 20.1 Å². The second-order valence-electron chi connectivity index (χ2n) is 5.10. The minimum Gasteiger partial charge on any atom is -0.338 e. The van der Waals surface area contributed by atoms with Gasteiger partial charge in [0.25, 0.3) is 0 Å². The van der Waals surface area contributed by atoms with Crippen LogP contribution < -0.4 is 5.32 Å². The minimum atomic E-state index is 0.248. The molecule has 0 bridgehead atoms. The van der Waals surface area contributed by atoms with Crippen molar-refractivity contribution in [1.82, 2.24) is 10.2 Å². The van der Waals surface area contributed by atoms with Gasteiger partial charge >= 0.3 is 0 Å². The lowest BCUT2D eigenvalue weighted by molar-refractivity contribution is -0.134. The number of hydrogen-bond donors (Lipinski definition) is 1. The summed E-state index contributed by atoms with van der Waals surface area (Å²) >= 11 is 3.45. The molecule has 0 saturated carbocycles. The average Bonchev–Trinajstić information content (AvgIpc) is 2.39. The molecule has 1 aromatic carbocycles. The summed E-state index contributed by atoms with van der Waals surface area (Å²) in [7, 11) is 1.95. The van der Waals surface area contributed by atoms with Crippen molar-refractivity contribution in [3.05, 3.63) is 34.3 Å². The number of likely N-dealkylation sites (tertiary alicyclic amines) is 1. The number of nitrogens with one attached hydrogen (secondary N) is 1. The first-order valence-corrected chi connectivity index (χ1v) is 7.68. The third kappa shape index (κ3) is 4.05. The minimum absolute atomic E-state index is 0.248. The summed E-state index contributed by atoms with van der Waals surface area (Å²) in [5.41, 5.74) is 1.08. The molecule has 1 aromatic rings. The monoisotopic (exact) mass is 324 g/mol. The van der Waals surface area contributed by atoms with Gasteiger partial charge < -0.3 is 10.2 Å². The molecule has 4 heteroatoms. The van der Waals surface area contributed by atoms with Gasteiger partial charge in [0.05, 0.1) is 6.42 Å². The molecule has 1 N–H and O–H groups in total. The predicted octanol–water partition coefficient (Wildman–Crippen LogP) is 2.59. The van der Waals surface area contributed by atoms with E-state index in [0.29, 0.717) is 12.5 Å². The van der Waals surface area contributed by atoms with Crippen LogP contribution in [0.25, 0.3) is 0 Å². The number of likely N-dealkylation sites (N-methyl/N-ethyl adjacent to an activating group) is 1. The summed E-state index contributed by atoms with van der Waals surface area (Å²) in [6, 6.07) is 8.36. The van der Waals surface area contributed by atoms with Gasteiger partial charge in [0.15, 0.2) is 0 Å². The molecule has 2 rings (SSSR count). The van der Waals surface area contributed by atoms with Gasteiger partial charge in [-0.05, 0) is 44.0 Å². The number of benzene rings is 1. The molecule has 1 fully saturated rings. The lowest BCUT2D eigenvalue weighted by Crippen LogP contribution is -2.48. The van der Waals surface area contributed by atoms with Crippen LogP contribution in [0.4, 0.5) is 0 Å². The maximum absolute atomic E-state index is 12.4. The van der Waals surface area contributed by atoms with Crippen LogP contribution >= 0.6 is 15.9 Å². The zero-order valence-electron chi connectivity index (χ0n) is 11.4. The van der Waals surface area contributed by atoms with E-state index in [4.69, 9.17) is 0 Å². The van der Waals surface area contributed by atoms with E-state index in [2.05, 4.69) is 26.1 Å². The van der Waals surface area contributed by atoms with Crippen molar-refractivity contribution < 1.29 is 4.79 Å². The van der Waals surface area contributed by atoms with Gasteiger partial charge in [0, 0.05) is 23.6 Å². The third-order valence-corrected chi connectivity index (χ3v) is 4.12. The van der Waals surface area contributed by atoms with Crippen molar-refractivity contribution in [2.24, 2.45) is 0 Å². The summed E-state index contributed by atoms with van der Waals surface area (Å²) in [5, 5.41) is 3.19. The second-order valence-corrected chi connectivity index (χ2v) is 6.02. The largest absolute Gasteiger partial charge is 0.338 e. The van der Waals surface area contributed by atoms with Crippen LogP contribution in [0, 0.1) is 0 Å².